The van der Waals surface area contributed by atoms with Gasteiger partial charge in [-0.2, -0.15) is 0 Å². The molecule has 3 aromatic heterocycles. The molecule has 4 aromatic rings. The van der Waals surface area contributed by atoms with Crippen molar-refractivity contribution in [2.24, 2.45) is 5.92 Å². The Balaban J connectivity index is 1.31. The fourth-order valence-electron chi connectivity index (χ4n) is 4.17. The molecule has 0 radical (unpaired) electrons. The molecule has 9 heteroatoms. The summed E-state index contributed by atoms with van der Waals surface area (Å²) in [5.74, 6) is -0.526. The summed E-state index contributed by atoms with van der Waals surface area (Å²) in [5.41, 5.74) is 7.94. The number of hydrogen-bond acceptors (Lipinski definition) is 5. The predicted octanol–water partition coefficient (Wildman–Crippen LogP) is 3.23. The molecule has 0 bridgehead atoms. The Kier molecular flexibility index (Phi) is 4.72. The number of likely N-dealkylation sites (tertiary alicyclic amines) is 1. The van der Waals surface area contributed by atoms with Crippen LogP contribution in [0.25, 0.3) is 16.6 Å². The van der Waals surface area contributed by atoms with Crippen molar-refractivity contribution in [3.8, 4) is 0 Å². The van der Waals surface area contributed by atoms with Gasteiger partial charge < -0.3 is 10.6 Å². The molecule has 1 saturated heterocycles. The smallest absolute Gasteiger partial charge is 0.272 e. The average molecular weight is 422 g/mol. The molecule has 1 fully saturated rings. The summed E-state index contributed by atoms with van der Waals surface area (Å²) in [6.07, 6.45) is 5.28. The monoisotopic (exact) mass is 422 g/mol. The van der Waals surface area contributed by atoms with Gasteiger partial charge in [-0.15, -0.1) is 0 Å². The summed E-state index contributed by atoms with van der Waals surface area (Å²) < 4.78 is 28.8. The van der Waals surface area contributed by atoms with Crippen LogP contribution in [0.1, 0.15) is 29.0 Å². The number of benzene rings is 1. The number of aromatic nitrogens is 4. The third-order valence-electron chi connectivity index (χ3n) is 5.80. The molecule has 7 nitrogen and oxygen atoms in total. The molecule has 1 aliphatic heterocycles. The first-order valence-corrected chi connectivity index (χ1v) is 10.1. The maximum Gasteiger partial charge on any atom is 0.272 e. The fraction of sp³-hybridized carbons (Fsp3) is 0.273. The lowest BCUT2D eigenvalue weighted by molar-refractivity contribution is 0.0684. The number of nitrogens with two attached hydrogens (primary N) is 1. The zero-order chi connectivity index (χ0) is 21.5. The summed E-state index contributed by atoms with van der Waals surface area (Å²) in [5, 5.41) is 0.618. The first-order valence-electron chi connectivity index (χ1n) is 10.1. The number of piperidine rings is 1. The summed E-state index contributed by atoms with van der Waals surface area (Å²) in [4.78, 5) is 27.1. The van der Waals surface area contributed by atoms with Crippen LogP contribution in [0.2, 0.25) is 0 Å². The lowest BCUT2D eigenvalue weighted by atomic mass is 9.92. The van der Waals surface area contributed by atoms with E-state index in [2.05, 4.69) is 9.97 Å². The third kappa shape index (κ3) is 3.56. The molecule has 1 amide bonds. The summed E-state index contributed by atoms with van der Waals surface area (Å²) >= 11 is 0. The number of pyridine rings is 1. The molecule has 0 aliphatic carbocycles. The largest absolute Gasteiger partial charge is 0.369 e. The van der Waals surface area contributed by atoms with Gasteiger partial charge in [-0.1, -0.05) is 6.07 Å². The summed E-state index contributed by atoms with van der Waals surface area (Å²) in [6.45, 7) is 1.21. The molecular weight excluding hydrogens is 402 g/mol. The second-order valence-electron chi connectivity index (χ2n) is 7.83. The van der Waals surface area contributed by atoms with Gasteiger partial charge in [0, 0.05) is 24.7 Å². The van der Waals surface area contributed by atoms with Crippen LogP contribution in [0.5, 0.6) is 0 Å². The van der Waals surface area contributed by atoms with Crippen LogP contribution in [-0.2, 0) is 6.42 Å². The van der Waals surface area contributed by atoms with Gasteiger partial charge >= 0.3 is 0 Å². The standard InChI is InChI=1S/C22H20F2N6O/c23-14-4-5-18(26-11-14)21(31)29-8-6-13(7-9-29)10-15-12-30-20(27-15)16-2-1-3-17(24)19(16)28-22(30)25/h1-5,11-13H,6-10H2,(H2,25,28). The lowest BCUT2D eigenvalue weighted by Gasteiger charge is -2.31. The van der Waals surface area contributed by atoms with Crippen LogP contribution >= 0.6 is 0 Å². The second kappa shape index (κ2) is 7.57. The minimum absolute atomic E-state index is 0.182. The molecular formula is C22H20F2N6O. The van der Waals surface area contributed by atoms with Gasteiger partial charge in [0.2, 0.25) is 5.95 Å². The summed E-state index contributed by atoms with van der Waals surface area (Å²) in [6, 6.07) is 7.42. The quantitative estimate of drug-likeness (QED) is 0.548. The minimum atomic E-state index is -0.464. The van der Waals surface area contributed by atoms with Crippen molar-refractivity contribution in [2.45, 2.75) is 19.3 Å². The zero-order valence-electron chi connectivity index (χ0n) is 16.6. The van der Waals surface area contributed by atoms with E-state index < -0.39 is 11.6 Å². The Morgan fingerprint density at radius 2 is 1.94 bits per heavy atom. The van der Waals surface area contributed by atoms with Crippen LogP contribution in [0.15, 0.2) is 42.7 Å². The highest BCUT2D eigenvalue weighted by molar-refractivity contribution is 5.93. The highest BCUT2D eigenvalue weighted by Gasteiger charge is 2.25. The Hall–Kier alpha value is -3.62. The number of fused-ring (bicyclic) bond motifs is 3. The molecule has 31 heavy (non-hydrogen) atoms. The molecule has 4 heterocycles. The number of nitrogens with zero attached hydrogens (tertiary/aromatic N) is 5. The number of hydrogen-bond donors (Lipinski definition) is 1. The highest BCUT2D eigenvalue weighted by atomic mass is 19.1. The van der Waals surface area contributed by atoms with Crippen molar-refractivity contribution >= 4 is 28.4 Å². The van der Waals surface area contributed by atoms with Crippen molar-refractivity contribution in [1.29, 1.82) is 0 Å². The number of para-hydroxylation sites is 1. The molecule has 5 rings (SSSR count). The molecule has 0 saturated carbocycles. The number of anilines is 1. The van der Waals surface area contributed by atoms with Crippen LogP contribution < -0.4 is 5.73 Å². The second-order valence-corrected chi connectivity index (χ2v) is 7.83. The van der Waals surface area contributed by atoms with E-state index in [1.807, 2.05) is 6.20 Å². The molecule has 2 N–H and O–H groups in total. The van der Waals surface area contributed by atoms with Crippen molar-refractivity contribution in [3.05, 3.63) is 65.7 Å². The number of halogens is 2. The van der Waals surface area contributed by atoms with Crippen molar-refractivity contribution < 1.29 is 13.6 Å². The van der Waals surface area contributed by atoms with Gasteiger partial charge in [0.25, 0.3) is 5.91 Å². The van der Waals surface area contributed by atoms with Gasteiger partial charge in [-0.25, -0.2) is 23.7 Å². The Morgan fingerprint density at radius 1 is 1.13 bits per heavy atom. The fourth-order valence-corrected chi connectivity index (χ4v) is 4.17. The molecule has 1 aliphatic rings. The number of rotatable bonds is 3. The van der Waals surface area contributed by atoms with Gasteiger partial charge in [0.05, 0.1) is 11.9 Å². The van der Waals surface area contributed by atoms with Crippen LogP contribution in [0, 0.1) is 17.6 Å². The van der Waals surface area contributed by atoms with Gasteiger partial charge in [0.15, 0.2) is 0 Å². The molecule has 0 spiro atoms. The normalized spacial score (nSPS) is 15.1. The van der Waals surface area contributed by atoms with E-state index in [0.717, 1.165) is 31.2 Å². The van der Waals surface area contributed by atoms with E-state index in [1.54, 1.807) is 21.4 Å². The van der Waals surface area contributed by atoms with E-state index in [4.69, 9.17) is 10.7 Å². The van der Waals surface area contributed by atoms with E-state index in [0.29, 0.717) is 30.0 Å². The molecule has 0 unspecified atom stereocenters. The van der Waals surface area contributed by atoms with E-state index in [9.17, 15) is 13.6 Å². The van der Waals surface area contributed by atoms with Gasteiger partial charge in [-0.05, 0) is 49.4 Å². The van der Waals surface area contributed by atoms with Gasteiger partial charge in [-0.3, -0.25) is 9.20 Å². The van der Waals surface area contributed by atoms with Crippen LogP contribution in [-0.4, -0.2) is 43.2 Å². The van der Waals surface area contributed by atoms with Crippen LogP contribution in [0.3, 0.4) is 0 Å². The van der Waals surface area contributed by atoms with Crippen molar-refractivity contribution in [1.82, 2.24) is 24.3 Å². The zero-order valence-corrected chi connectivity index (χ0v) is 16.6. The lowest BCUT2D eigenvalue weighted by Crippen LogP contribution is -2.39. The number of carbonyl (C=O) groups excluding carboxylic acids is 1. The maximum atomic E-state index is 14.1. The number of carbonyl (C=O) groups is 1. The van der Waals surface area contributed by atoms with E-state index >= 15 is 0 Å². The topological polar surface area (TPSA) is 89.4 Å². The Morgan fingerprint density at radius 3 is 2.68 bits per heavy atom. The Bertz CT molecular complexity index is 1280. The maximum absolute atomic E-state index is 14.1. The molecule has 158 valence electrons. The minimum Gasteiger partial charge on any atom is -0.369 e. The van der Waals surface area contributed by atoms with Crippen molar-refractivity contribution in [2.75, 3.05) is 18.8 Å². The molecule has 1 aromatic carbocycles. The first kappa shape index (κ1) is 19.3. The average Bonchev–Trinajstić information content (AvgIpc) is 3.20. The molecule has 0 atom stereocenters. The number of imidazole rings is 1. The Labute approximate surface area is 176 Å². The van der Waals surface area contributed by atoms with E-state index in [-0.39, 0.29) is 23.1 Å². The van der Waals surface area contributed by atoms with Gasteiger partial charge in [0.1, 0.15) is 28.5 Å². The SMILES string of the molecule is Nc1nc2c(F)cccc2c2nc(CC3CCN(C(=O)c4ccc(F)cn4)CC3)cn12. The number of amides is 1. The number of nitrogen functional groups attached to an aromatic ring is 1. The van der Waals surface area contributed by atoms with Crippen LogP contribution in [0.4, 0.5) is 14.7 Å². The van der Waals surface area contributed by atoms with E-state index in [1.165, 1.54) is 18.2 Å². The van der Waals surface area contributed by atoms with Crippen molar-refractivity contribution in [3.63, 3.8) is 0 Å². The third-order valence-corrected chi connectivity index (χ3v) is 5.80. The predicted molar refractivity (Wildman–Crippen MR) is 111 cm³/mol. The first-order chi connectivity index (χ1) is 15.0. The summed E-state index contributed by atoms with van der Waals surface area (Å²) in [7, 11) is 0. The highest BCUT2D eigenvalue weighted by Crippen LogP contribution is 2.26.